The Hall–Kier alpha value is -2.90. The largest absolute Gasteiger partial charge is 0.462 e. The van der Waals surface area contributed by atoms with Crippen molar-refractivity contribution in [1.29, 1.82) is 0 Å². The summed E-state index contributed by atoms with van der Waals surface area (Å²) in [7, 11) is 2.38. The molecule has 0 atom stereocenters. The summed E-state index contributed by atoms with van der Waals surface area (Å²) in [5.74, 6) is -3.79. The molecular formula is C12H13N3O5. The Balaban J connectivity index is 2.88. The maximum absolute atomic E-state index is 11.4. The van der Waals surface area contributed by atoms with E-state index in [4.69, 9.17) is 0 Å². The number of carbonyl (C=O) groups excluding carboxylic acids is 4. The van der Waals surface area contributed by atoms with E-state index >= 15 is 0 Å². The highest BCUT2D eigenvalue weighted by Crippen LogP contribution is 2.20. The minimum atomic E-state index is -1.07. The average Bonchev–Trinajstić information content (AvgIpc) is 2.47. The molecule has 0 unspecified atom stereocenters. The number of hydrogen-bond donors (Lipinski definition) is 3. The van der Waals surface area contributed by atoms with Gasteiger partial charge in [0.2, 0.25) is 0 Å². The third kappa shape index (κ3) is 3.80. The smallest absolute Gasteiger partial charge is 0.396 e. The highest BCUT2D eigenvalue weighted by molar-refractivity contribution is 6.40. The normalized spacial score (nSPS) is 9.30. The molecule has 3 amide bonds. The number of benzene rings is 1. The van der Waals surface area contributed by atoms with Crippen LogP contribution in [0.4, 0.5) is 11.4 Å². The number of amides is 3. The van der Waals surface area contributed by atoms with E-state index in [-0.39, 0.29) is 11.4 Å². The molecule has 0 aliphatic carbocycles. The van der Waals surface area contributed by atoms with Crippen molar-refractivity contribution in [3.8, 4) is 0 Å². The van der Waals surface area contributed by atoms with Crippen LogP contribution in [0.2, 0.25) is 0 Å². The minimum absolute atomic E-state index is 0.167. The first kappa shape index (κ1) is 15.2. The van der Waals surface area contributed by atoms with E-state index in [1.807, 2.05) is 0 Å². The molecule has 0 aliphatic heterocycles. The van der Waals surface area contributed by atoms with Crippen LogP contribution >= 0.6 is 0 Å². The van der Waals surface area contributed by atoms with Crippen molar-refractivity contribution in [3.05, 3.63) is 24.3 Å². The molecule has 0 saturated carbocycles. The molecule has 8 heteroatoms. The van der Waals surface area contributed by atoms with Gasteiger partial charge >= 0.3 is 23.7 Å². The molecule has 0 radical (unpaired) electrons. The first-order valence-corrected chi connectivity index (χ1v) is 5.51. The molecule has 0 aromatic heterocycles. The Morgan fingerprint density at radius 3 is 1.85 bits per heavy atom. The van der Waals surface area contributed by atoms with Crippen molar-refractivity contribution >= 4 is 35.1 Å². The zero-order valence-corrected chi connectivity index (χ0v) is 10.9. The summed E-state index contributed by atoms with van der Waals surface area (Å²) in [4.78, 5) is 45.0. The van der Waals surface area contributed by atoms with Gasteiger partial charge in [0.15, 0.2) is 0 Å². The third-order valence-corrected chi connectivity index (χ3v) is 2.23. The van der Waals surface area contributed by atoms with Gasteiger partial charge in [-0.25, -0.2) is 4.79 Å². The molecule has 3 N–H and O–H groups in total. The van der Waals surface area contributed by atoms with Crippen molar-refractivity contribution in [3.63, 3.8) is 0 Å². The predicted molar refractivity (Wildman–Crippen MR) is 69.8 cm³/mol. The summed E-state index contributed by atoms with van der Waals surface area (Å²) >= 11 is 0. The highest BCUT2D eigenvalue weighted by Gasteiger charge is 2.17. The number of hydrogen-bond acceptors (Lipinski definition) is 5. The van der Waals surface area contributed by atoms with Gasteiger partial charge in [-0.1, -0.05) is 12.1 Å². The van der Waals surface area contributed by atoms with Crippen LogP contribution in [-0.4, -0.2) is 37.8 Å². The molecule has 8 nitrogen and oxygen atoms in total. The van der Waals surface area contributed by atoms with E-state index in [2.05, 4.69) is 20.7 Å². The van der Waals surface area contributed by atoms with E-state index in [9.17, 15) is 19.2 Å². The highest BCUT2D eigenvalue weighted by atomic mass is 16.5. The Labute approximate surface area is 114 Å². The fraction of sp³-hybridized carbons (Fsp3) is 0.167. The van der Waals surface area contributed by atoms with E-state index in [1.54, 1.807) is 12.1 Å². The number of methoxy groups -OCH3 is 1. The van der Waals surface area contributed by atoms with E-state index in [1.165, 1.54) is 19.2 Å². The van der Waals surface area contributed by atoms with Crippen LogP contribution in [0.15, 0.2) is 24.3 Å². The summed E-state index contributed by atoms with van der Waals surface area (Å²) < 4.78 is 4.26. The van der Waals surface area contributed by atoms with Gasteiger partial charge in [-0.15, -0.1) is 0 Å². The zero-order chi connectivity index (χ0) is 15.1. The lowest BCUT2D eigenvalue weighted by molar-refractivity contribution is -0.150. The van der Waals surface area contributed by atoms with E-state index < -0.39 is 23.7 Å². The Morgan fingerprint density at radius 2 is 1.40 bits per heavy atom. The molecule has 1 aromatic carbocycles. The predicted octanol–water partition coefficient (Wildman–Crippen LogP) is -0.517. The lowest BCUT2D eigenvalue weighted by Gasteiger charge is -2.10. The van der Waals surface area contributed by atoms with Crippen molar-refractivity contribution in [2.45, 2.75) is 0 Å². The first-order chi connectivity index (χ1) is 9.49. The molecule has 0 heterocycles. The quantitative estimate of drug-likeness (QED) is 0.498. The van der Waals surface area contributed by atoms with Gasteiger partial charge in [0.25, 0.3) is 0 Å². The Bertz CT molecular complexity index is 507. The molecular weight excluding hydrogens is 266 g/mol. The van der Waals surface area contributed by atoms with Gasteiger partial charge in [0, 0.05) is 7.05 Å². The number of ether oxygens (including phenoxy) is 1. The fourth-order valence-corrected chi connectivity index (χ4v) is 1.26. The van der Waals surface area contributed by atoms with Crippen LogP contribution in [0.3, 0.4) is 0 Å². The number of likely N-dealkylation sites (N-methyl/N-ethyl adjacent to an activating group) is 1. The molecule has 0 bridgehead atoms. The lowest BCUT2D eigenvalue weighted by atomic mass is 10.2. The molecule has 1 aromatic rings. The standard InChI is InChI=1S/C12H13N3O5/c1-13-9(16)10(17)14-7-5-3-4-6-8(7)15-11(18)12(19)20-2/h3-6H,1-2H3,(H,13,16)(H,14,17)(H,15,18). The van der Waals surface area contributed by atoms with Crippen LogP contribution in [0, 0.1) is 0 Å². The van der Waals surface area contributed by atoms with Crippen molar-refractivity contribution in [2.75, 3.05) is 24.8 Å². The summed E-state index contributed by atoms with van der Waals surface area (Å²) in [6.45, 7) is 0. The van der Waals surface area contributed by atoms with Crippen LogP contribution in [-0.2, 0) is 23.9 Å². The second-order valence-corrected chi connectivity index (χ2v) is 3.52. The Morgan fingerprint density at radius 1 is 0.900 bits per heavy atom. The van der Waals surface area contributed by atoms with Gasteiger partial charge in [-0.05, 0) is 12.1 Å². The van der Waals surface area contributed by atoms with Crippen LogP contribution < -0.4 is 16.0 Å². The molecule has 20 heavy (non-hydrogen) atoms. The number of esters is 1. The second-order valence-electron chi connectivity index (χ2n) is 3.52. The molecule has 0 saturated heterocycles. The van der Waals surface area contributed by atoms with E-state index in [0.717, 1.165) is 7.11 Å². The molecule has 0 fully saturated rings. The molecule has 0 aliphatic rings. The maximum Gasteiger partial charge on any atom is 0.396 e. The minimum Gasteiger partial charge on any atom is -0.462 e. The topological polar surface area (TPSA) is 114 Å². The number of rotatable bonds is 2. The van der Waals surface area contributed by atoms with Gasteiger partial charge < -0.3 is 20.7 Å². The SMILES string of the molecule is CNC(=O)C(=O)Nc1ccccc1NC(=O)C(=O)OC. The van der Waals surface area contributed by atoms with Crippen molar-refractivity contribution < 1.29 is 23.9 Å². The van der Waals surface area contributed by atoms with Crippen LogP contribution in [0.25, 0.3) is 0 Å². The summed E-state index contributed by atoms with van der Waals surface area (Å²) in [6.07, 6.45) is 0. The zero-order valence-electron chi connectivity index (χ0n) is 10.9. The van der Waals surface area contributed by atoms with Gasteiger partial charge in [0.05, 0.1) is 18.5 Å². The third-order valence-electron chi connectivity index (χ3n) is 2.23. The number of anilines is 2. The summed E-state index contributed by atoms with van der Waals surface area (Å²) in [5.41, 5.74) is 0.346. The molecule has 106 valence electrons. The summed E-state index contributed by atoms with van der Waals surface area (Å²) in [6, 6.07) is 6.10. The summed E-state index contributed by atoms with van der Waals surface area (Å²) in [5, 5.41) is 6.73. The number of carbonyl (C=O) groups is 4. The molecule has 1 rings (SSSR count). The van der Waals surface area contributed by atoms with Crippen LogP contribution in [0.5, 0.6) is 0 Å². The molecule has 0 spiro atoms. The fourth-order valence-electron chi connectivity index (χ4n) is 1.26. The Kier molecular flexibility index (Phi) is 5.21. The van der Waals surface area contributed by atoms with Gasteiger partial charge in [-0.2, -0.15) is 0 Å². The monoisotopic (exact) mass is 279 g/mol. The van der Waals surface area contributed by atoms with Gasteiger partial charge in [-0.3, -0.25) is 14.4 Å². The average molecular weight is 279 g/mol. The second kappa shape index (κ2) is 6.88. The number of nitrogens with one attached hydrogen (secondary N) is 3. The van der Waals surface area contributed by atoms with Gasteiger partial charge in [0.1, 0.15) is 0 Å². The lowest BCUT2D eigenvalue weighted by Crippen LogP contribution is -2.33. The first-order valence-electron chi connectivity index (χ1n) is 5.51. The number of para-hydroxylation sites is 2. The maximum atomic E-state index is 11.4. The van der Waals surface area contributed by atoms with Crippen LogP contribution in [0.1, 0.15) is 0 Å². The van der Waals surface area contributed by atoms with Crippen molar-refractivity contribution in [2.24, 2.45) is 0 Å². The van der Waals surface area contributed by atoms with E-state index in [0.29, 0.717) is 0 Å². The van der Waals surface area contributed by atoms with Crippen molar-refractivity contribution in [1.82, 2.24) is 5.32 Å².